The number of ketones is 1. The Bertz CT molecular complexity index is 304. The second-order valence-electron chi connectivity index (χ2n) is 3.21. The normalized spacial score (nSPS) is 12.5. The quantitative estimate of drug-likeness (QED) is 0.586. The standard InChI is InChI=1S/C11H14O2S/c1-8(14)11(13)10-4-2-9(3-5-10)6-7-12/h2-5,8,12,14H,6-7H2,1H3. The van der Waals surface area contributed by atoms with E-state index >= 15 is 0 Å². The molecule has 1 N–H and O–H groups in total. The van der Waals surface area contributed by atoms with Crippen LogP contribution in [-0.2, 0) is 6.42 Å². The molecule has 1 aromatic rings. The summed E-state index contributed by atoms with van der Waals surface area (Å²) in [6.07, 6.45) is 0.630. The summed E-state index contributed by atoms with van der Waals surface area (Å²) in [5.74, 6) is 0.0314. The number of rotatable bonds is 4. The lowest BCUT2D eigenvalue weighted by Crippen LogP contribution is -2.10. The molecule has 1 unspecified atom stereocenters. The maximum atomic E-state index is 11.5. The van der Waals surface area contributed by atoms with E-state index in [1.807, 2.05) is 12.1 Å². The second kappa shape index (κ2) is 5.17. The molecule has 76 valence electrons. The minimum atomic E-state index is -0.265. The van der Waals surface area contributed by atoms with Gasteiger partial charge in [-0.25, -0.2) is 0 Å². The topological polar surface area (TPSA) is 37.3 Å². The molecule has 0 spiro atoms. The molecular formula is C11H14O2S. The number of carbonyl (C=O) groups is 1. The third-order valence-electron chi connectivity index (χ3n) is 2.02. The molecule has 0 aliphatic heterocycles. The summed E-state index contributed by atoms with van der Waals surface area (Å²) >= 11 is 4.08. The number of carbonyl (C=O) groups excluding carboxylic acids is 1. The lowest BCUT2D eigenvalue weighted by Gasteiger charge is -2.04. The summed E-state index contributed by atoms with van der Waals surface area (Å²) in [5.41, 5.74) is 1.71. The van der Waals surface area contributed by atoms with Crippen molar-refractivity contribution in [2.45, 2.75) is 18.6 Å². The fraction of sp³-hybridized carbons (Fsp3) is 0.364. The molecule has 0 heterocycles. The third kappa shape index (κ3) is 2.86. The predicted molar refractivity (Wildman–Crippen MR) is 60.0 cm³/mol. The summed E-state index contributed by atoms with van der Waals surface area (Å²) in [5, 5.41) is 8.44. The van der Waals surface area contributed by atoms with Crippen LogP contribution in [0.1, 0.15) is 22.8 Å². The van der Waals surface area contributed by atoms with Crippen molar-refractivity contribution in [1.82, 2.24) is 0 Å². The number of thiol groups is 1. The molecule has 1 atom stereocenters. The Hall–Kier alpha value is -0.800. The first-order valence-electron chi connectivity index (χ1n) is 4.57. The van der Waals surface area contributed by atoms with Gasteiger partial charge in [0.25, 0.3) is 0 Å². The fourth-order valence-corrected chi connectivity index (χ4v) is 1.36. The third-order valence-corrected chi connectivity index (χ3v) is 2.25. The Labute approximate surface area is 89.4 Å². The zero-order valence-electron chi connectivity index (χ0n) is 8.10. The molecule has 1 rings (SSSR count). The number of benzene rings is 1. The Morgan fingerprint density at radius 1 is 1.43 bits per heavy atom. The highest BCUT2D eigenvalue weighted by molar-refractivity contribution is 7.81. The first kappa shape index (κ1) is 11.3. The van der Waals surface area contributed by atoms with Crippen LogP contribution in [0.4, 0.5) is 0 Å². The van der Waals surface area contributed by atoms with Crippen molar-refractivity contribution < 1.29 is 9.90 Å². The average molecular weight is 210 g/mol. The van der Waals surface area contributed by atoms with Gasteiger partial charge in [-0.2, -0.15) is 12.6 Å². The number of Topliss-reactive ketones (excluding diaryl/α,β-unsaturated/α-hetero) is 1. The molecule has 0 amide bonds. The Kier molecular flexibility index (Phi) is 4.17. The van der Waals surface area contributed by atoms with Gasteiger partial charge in [-0.15, -0.1) is 0 Å². The number of hydrogen-bond acceptors (Lipinski definition) is 3. The van der Waals surface area contributed by atoms with E-state index in [2.05, 4.69) is 12.6 Å². The maximum Gasteiger partial charge on any atom is 0.175 e. The van der Waals surface area contributed by atoms with Gasteiger partial charge in [-0.3, -0.25) is 4.79 Å². The molecule has 0 aliphatic carbocycles. The monoisotopic (exact) mass is 210 g/mol. The van der Waals surface area contributed by atoms with E-state index in [1.54, 1.807) is 19.1 Å². The highest BCUT2D eigenvalue weighted by Crippen LogP contribution is 2.09. The van der Waals surface area contributed by atoms with Gasteiger partial charge in [0.2, 0.25) is 0 Å². The molecule has 1 aromatic carbocycles. The van der Waals surface area contributed by atoms with Gasteiger partial charge < -0.3 is 5.11 Å². The van der Waals surface area contributed by atoms with Crippen LogP contribution >= 0.6 is 12.6 Å². The van der Waals surface area contributed by atoms with Crippen molar-refractivity contribution in [3.05, 3.63) is 35.4 Å². The molecule has 0 fully saturated rings. The van der Waals surface area contributed by atoms with Crippen molar-refractivity contribution in [3.63, 3.8) is 0 Å². The summed E-state index contributed by atoms with van der Waals surface area (Å²) in [6.45, 7) is 1.89. The van der Waals surface area contributed by atoms with Crippen LogP contribution in [0.3, 0.4) is 0 Å². The molecule has 0 radical (unpaired) electrons. The van der Waals surface area contributed by atoms with E-state index in [9.17, 15) is 4.79 Å². The van der Waals surface area contributed by atoms with Crippen molar-refractivity contribution in [1.29, 1.82) is 0 Å². The van der Waals surface area contributed by atoms with Crippen LogP contribution in [-0.4, -0.2) is 22.7 Å². The Morgan fingerprint density at radius 2 is 2.00 bits per heavy atom. The molecule has 3 heteroatoms. The number of hydrogen-bond donors (Lipinski definition) is 2. The summed E-state index contributed by atoms with van der Waals surface area (Å²) in [4.78, 5) is 11.5. The molecule has 0 saturated heterocycles. The van der Waals surface area contributed by atoms with Crippen molar-refractivity contribution in [3.8, 4) is 0 Å². The fourth-order valence-electron chi connectivity index (χ4n) is 1.21. The molecule has 0 aliphatic rings. The van der Waals surface area contributed by atoms with Gasteiger partial charge in [0.1, 0.15) is 0 Å². The van der Waals surface area contributed by atoms with Gasteiger partial charge in [0, 0.05) is 12.2 Å². The van der Waals surface area contributed by atoms with Crippen LogP contribution < -0.4 is 0 Å². The molecule has 14 heavy (non-hydrogen) atoms. The second-order valence-corrected chi connectivity index (χ2v) is 3.99. The van der Waals surface area contributed by atoms with E-state index < -0.39 is 0 Å². The van der Waals surface area contributed by atoms with Gasteiger partial charge in [-0.05, 0) is 18.9 Å². The van der Waals surface area contributed by atoms with E-state index in [1.165, 1.54) is 0 Å². The highest BCUT2D eigenvalue weighted by Gasteiger charge is 2.10. The minimum Gasteiger partial charge on any atom is -0.396 e. The van der Waals surface area contributed by atoms with E-state index in [-0.39, 0.29) is 17.6 Å². The smallest absolute Gasteiger partial charge is 0.175 e. The Balaban J connectivity index is 2.78. The van der Waals surface area contributed by atoms with E-state index in [4.69, 9.17) is 5.11 Å². The van der Waals surface area contributed by atoms with Crippen LogP contribution in [0.15, 0.2) is 24.3 Å². The van der Waals surface area contributed by atoms with E-state index in [0.29, 0.717) is 12.0 Å². The zero-order valence-corrected chi connectivity index (χ0v) is 9.00. The van der Waals surface area contributed by atoms with E-state index in [0.717, 1.165) is 5.56 Å². The van der Waals surface area contributed by atoms with Gasteiger partial charge in [0.15, 0.2) is 5.78 Å². The molecular weight excluding hydrogens is 196 g/mol. The largest absolute Gasteiger partial charge is 0.396 e. The van der Waals surface area contributed by atoms with Gasteiger partial charge >= 0.3 is 0 Å². The lowest BCUT2D eigenvalue weighted by molar-refractivity contribution is 0.0994. The van der Waals surface area contributed by atoms with Crippen LogP contribution in [0, 0.1) is 0 Å². The molecule has 0 saturated carbocycles. The SMILES string of the molecule is CC(S)C(=O)c1ccc(CCO)cc1. The van der Waals surface area contributed by atoms with Crippen molar-refractivity contribution >= 4 is 18.4 Å². The predicted octanol–water partition coefficient (Wildman–Crippen LogP) is 1.72. The molecule has 2 nitrogen and oxygen atoms in total. The minimum absolute atomic E-state index is 0.0314. The average Bonchev–Trinajstić information content (AvgIpc) is 2.18. The lowest BCUT2D eigenvalue weighted by atomic mass is 10.1. The summed E-state index contributed by atoms with van der Waals surface area (Å²) < 4.78 is 0. The van der Waals surface area contributed by atoms with Crippen molar-refractivity contribution in [2.75, 3.05) is 6.61 Å². The van der Waals surface area contributed by atoms with Gasteiger partial charge in [-0.1, -0.05) is 24.3 Å². The van der Waals surface area contributed by atoms with Crippen LogP contribution in [0.5, 0.6) is 0 Å². The first-order chi connectivity index (χ1) is 6.65. The van der Waals surface area contributed by atoms with Crippen molar-refractivity contribution in [2.24, 2.45) is 0 Å². The zero-order chi connectivity index (χ0) is 10.6. The highest BCUT2D eigenvalue weighted by atomic mass is 32.1. The van der Waals surface area contributed by atoms with Gasteiger partial charge in [0.05, 0.1) is 5.25 Å². The molecule has 0 bridgehead atoms. The summed E-state index contributed by atoms with van der Waals surface area (Å²) in [7, 11) is 0. The number of aliphatic hydroxyl groups is 1. The number of aliphatic hydroxyl groups excluding tert-OH is 1. The Morgan fingerprint density at radius 3 is 2.43 bits per heavy atom. The van der Waals surface area contributed by atoms with Crippen LogP contribution in [0.25, 0.3) is 0 Å². The first-order valence-corrected chi connectivity index (χ1v) is 5.09. The maximum absolute atomic E-state index is 11.5. The summed E-state index contributed by atoms with van der Waals surface area (Å²) in [6, 6.07) is 7.28. The molecule has 0 aromatic heterocycles. The van der Waals surface area contributed by atoms with Crippen LogP contribution in [0.2, 0.25) is 0 Å².